The van der Waals surface area contributed by atoms with Gasteiger partial charge in [-0.25, -0.2) is 4.99 Å². The van der Waals surface area contributed by atoms with E-state index in [1.807, 2.05) is 0 Å². The number of rotatable bonds is 5. The molecule has 0 bridgehead atoms. The summed E-state index contributed by atoms with van der Waals surface area (Å²) in [6.45, 7) is 6.97. The van der Waals surface area contributed by atoms with Gasteiger partial charge in [-0.05, 0) is 12.8 Å². The molecule has 11 heavy (non-hydrogen) atoms. The third kappa shape index (κ3) is 6.71. The average molecular weight is 151 g/mol. The second-order valence-electron chi connectivity index (χ2n) is 2.09. The van der Waals surface area contributed by atoms with Gasteiger partial charge in [-0.2, -0.15) is 0 Å². The molecule has 0 aliphatic heterocycles. The minimum atomic E-state index is -0.0910. The molecule has 0 rings (SSSR count). The Morgan fingerprint density at radius 2 is 2.18 bits per heavy atom. The van der Waals surface area contributed by atoms with E-state index in [1.54, 1.807) is 6.08 Å². The molecule has 0 aromatic carbocycles. The van der Waals surface area contributed by atoms with E-state index in [4.69, 9.17) is 0 Å². The van der Waals surface area contributed by atoms with Gasteiger partial charge in [0.25, 0.3) is 0 Å². The van der Waals surface area contributed by atoms with Crippen molar-refractivity contribution in [3.05, 3.63) is 25.3 Å². The van der Waals surface area contributed by atoms with Crippen LogP contribution in [0.3, 0.4) is 0 Å². The molecule has 0 aliphatic carbocycles. The zero-order chi connectivity index (χ0) is 8.53. The first-order valence-electron chi connectivity index (χ1n) is 3.60. The molecular weight excluding hydrogens is 138 g/mol. The van der Waals surface area contributed by atoms with Gasteiger partial charge in [0.05, 0.1) is 0 Å². The average Bonchev–Trinajstić information content (AvgIpc) is 2.01. The van der Waals surface area contributed by atoms with Gasteiger partial charge < -0.3 is 0 Å². The van der Waals surface area contributed by atoms with Crippen LogP contribution in [0.1, 0.15) is 19.3 Å². The van der Waals surface area contributed by atoms with Gasteiger partial charge in [0, 0.05) is 12.6 Å². The molecule has 2 heteroatoms. The highest BCUT2D eigenvalue weighted by atomic mass is 16.1. The predicted octanol–water partition coefficient (Wildman–Crippen LogP) is 2.13. The first-order valence-corrected chi connectivity index (χ1v) is 3.60. The van der Waals surface area contributed by atoms with Gasteiger partial charge in [0.15, 0.2) is 0 Å². The molecule has 0 saturated heterocycles. The summed E-state index contributed by atoms with van der Waals surface area (Å²) in [6.07, 6.45) is 6.90. The van der Waals surface area contributed by atoms with Crippen molar-refractivity contribution in [3.63, 3.8) is 0 Å². The van der Waals surface area contributed by atoms with Crippen molar-refractivity contribution in [1.29, 1.82) is 0 Å². The number of carbonyl (C=O) groups excluding carboxylic acids is 1. The smallest absolute Gasteiger partial charge is 0.245 e. The van der Waals surface area contributed by atoms with E-state index >= 15 is 0 Å². The molecule has 1 amide bonds. The fourth-order valence-corrected chi connectivity index (χ4v) is 0.598. The largest absolute Gasteiger partial charge is 0.273 e. The normalized spacial score (nSPS) is 9.82. The molecule has 0 atom stereocenters. The fraction of sp³-hybridized carbons (Fsp3) is 0.333. The van der Waals surface area contributed by atoms with Crippen LogP contribution in [0, 0.1) is 0 Å². The van der Waals surface area contributed by atoms with Crippen LogP contribution in [-0.4, -0.2) is 12.1 Å². The predicted molar refractivity (Wildman–Crippen MR) is 47.7 cm³/mol. The van der Waals surface area contributed by atoms with Gasteiger partial charge in [-0.1, -0.05) is 18.7 Å². The molecule has 0 aromatic heterocycles. The highest BCUT2D eigenvalue weighted by Crippen LogP contribution is 1.96. The highest BCUT2D eigenvalue weighted by molar-refractivity contribution is 5.88. The van der Waals surface area contributed by atoms with Crippen molar-refractivity contribution in [1.82, 2.24) is 0 Å². The SMILES string of the molecule is C=CC=NC(=O)CCCC=C. The molecule has 0 fully saturated rings. The number of carbonyl (C=O) groups is 1. The summed E-state index contributed by atoms with van der Waals surface area (Å²) in [6, 6.07) is 0. The number of amides is 1. The zero-order valence-electron chi connectivity index (χ0n) is 6.62. The molecule has 2 nitrogen and oxygen atoms in total. The maximum atomic E-state index is 10.8. The number of nitrogens with zero attached hydrogens (tertiary/aromatic N) is 1. The van der Waals surface area contributed by atoms with Crippen LogP contribution >= 0.6 is 0 Å². The second-order valence-corrected chi connectivity index (χ2v) is 2.09. The van der Waals surface area contributed by atoms with E-state index in [0.717, 1.165) is 12.8 Å². The molecule has 0 saturated carbocycles. The molecule has 0 spiro atoms. The van der Waals surface area contributed by atoms with E-state index in [2.05, 4.69) is 18.2 Å². The molecule has 0 heterocycles. The Balaban J connectivity index is 3.44. The lowest BCUT2D eigenvalue weighted by Gasteiger charge is -1.89. The summed E-state index contributed by atoms with van der Waals surface area (Å²) in [5, 5.41) is 0. The maximum absolute atomic E-state index is 10.8. The maximum Gasteiger partial charge on any atom is 0.245 e. The second kappa shape index (κ2) is 6.93. The van der Waals surface area contributed by atoms with Crippen molar-refractivity contribution in [2.75, 3.05) is 0 Å². The minimum Gasteiger partial charge on any atom is -0.273 e. The van der Waals surface area contributed by atoms with Crippen LogP contribution in [0.15, 0.2) is 30.3 Å². The van der Waals surface area contributed by atoms with Gasteiger partial charge in [-0.3, -0.25) is 4.79 Å². The van der Waals surface area contributed by atoms with Gasteiger partial charge in [-0.15, -0.1) is 6.58 Å². The van der Waals surface area contributed by atoms with E-state index in [-0.39, 0.29) is 5.91 Å². The zero-order valence-corrected chi connectivity index (χ0v) is 6.62. The number of hydrogen-bond donors (Lipinski definition) is 0. The lowest BCUT2D eigenvalue weighted by molar-refractivity contribution is -0.117. The van der Waals surface area contributed by atoms with Crippen molar-refractivity contribution in [2.24, 2.45) is 4.99 Å². The Labute approximate surface area is 67.3 Å². The summed E-state index contributed by atoms with van der Waals surface area (Å²) in [5.74, 6) is -0.0910. The third-order valence-corrected chi connectivity index (χ3v) is 1.12. The molecule has 0 radical (unpaired) electrons. The summed E-state index contributed by atoms with van der Waals surface area (Å²) in [7, 11) is 0. The summed E-state index contributed by atoms with van der Waals surface area (Å²) >= 11 is 0. The van der Waals surface area contributed by atoms with Crippen molar-refractivity contribution < 1.29 is 4.79 Å². The lowest BCUT2D eigenvalue weighted by Crippen LogP contribution is -1.91. The van der Waals surface area contributed by atoms with E-state index < -0.39 is 0 Å². The number of aliphatic imine (C=N–C) groups is 1. The summed E-state index contributed by atoms with van der Waals surface area (Å²) in [5.41, 5.74) is 0. The Bertz CT molecular complexity index is 170. The first-order chi connectivity index (χ1) is 5.31. The van der Waals surface area contributed by atoms with Gasteiger partial charge in [0.2, 0.25) is 5.91 Å². The van der Waals surface area contributed by atoms with Gasteiger partial charge >= 0.3 is 0 Å². The van der Waals surface area contributed by atoms with Crippen LogP contribution in [0.25, 0.3) is 0 Å². The Hall–Kier alpha value is -1.18. The lowest BCUT2D eigenvalue weighted by atomic mass is 10.2. The Morgan fingerprint density at radius 3 is 2.73 bits per heavy atom. The molecule has 0 aromatic rings. The van der Waals surface area contributed by atoms with Crippen molar-refractivity contribution in [2.45, 2.75) is 19.3 Å². The molecule has 0 unspecified atom stereocenters. The molecule has 60 valence electrons. The van der Waals surface area contributed by atoms with E-state index in [0.29, 0.717) is 6.42 Å². The number of unbranched alkanes of at least 4 members (excludes halogenated alkanes) is 1. The number of hydrogen-bond acceptors (Lipinski definition) is 1. The van der Waals surface area contributed by atoms with Crippen molar-refractivity contribution in [3.8, 4) is 0 Å². The summed E-state index contributed by atoms with van der Waals surface area (Å²) in [4.78, 5) is 14.4. The van der Waals surface area contributed by atoms with Crippen LogP contribution < -0.4 is 0 Å². The van der Waals surface area contributed by atoms with Crippen LogP contribution in [-0.2, 0) is 4.79 Å². The highest BCUT2D eigenvalue weighted by Gasteiger charge is 1.94. The third-order valence-electron chi connectivity index (χ3n) is 1.12. The van der Waals surface area contributed by atoms with Crippen LogP contribution in [0.4, 0.5) is 0 Å². The Morgan fingerprint density at radius 1 is 1.45 bits per heavy atom. The van der Waals surface area contributed by atoms with E-state index in [9.17, 15) is 4.79 Å². The monoisotopic (exact) mass is 151 g/mol. The van der Waals surface area contributed by atoms with Crippen LogP contribution in [0.2, 0.25) is 0 Å². The topological polar surface area (TPSA) is 29.4 Å². The quantitative estimate of drug-likeness (QED) is 0.336. The fourth-order valence-electron chi connectivity index (χ4n) is 0.598. The standard InChI is InChI=1S/C9H13NO/c1-3-5-6-7-9(11)10-8-4-2/h3-4,8H,1-2,5-7H2. The molecule has 0 N–H and O–H groups in total. The Kier molecular flexibility index (Phi) is 6.19. The summed E-state index contributed by atoms with van der Waals surface area (Å²) < 4.78 is 0. The van der Waals surface area contributed by atoms with E-state index in [1.165, 1.54) is 12.3 Å². The molecular formula is C9H13NO. The molecule has 0 aliphatic rings. The van der Waals surface area contributed by atoms with Gasteiger partial charge in [0.1, 0.15) is 0 Å². The number of allylic oxidation sites excluding steroid dienone is 2. The first kappa shape index (κ1) is 9.82. The van der Waals surface area contributed by atoms with Crippen LogP contribution in [0.5, 0.6) is 0 Å². The minimum absolute atomic E-state index is 0.0910. The van der Waals surface area contributed by atoms with Crippen molar-refractivity contribution >= 4 is 12.1 Å².